The van der Waals surface area contributed by atoms with Gasteiger partial charge >= 0.3 is 6.01 Å². The van der Waals surface area contributed by atoms with Gasteiger partial charge in [-0.3, -0.25) is 0 Å². The average molecular weight is 417 g/mol. The number of phenols is 1. The van der Waals surface area contributed by atoms with Gasteiger partial charge in [0.15, 0.2) is 11.6 Å². The molecule has 1 atom stereocenters. The summed E-state index contributed by atoms with van der Waals surface area (Å²) in [7, 11) is 0. The fraction of sp³-hybridized carbons (Fsp3) is 0.571. The number of benzene rings is 1. The van der Waals surface area contributed by atoms with Gasteiger partial charge in [0.1, 0.15) is 6.61 Å². The maximum absolute atomic E-state index is 13.7. The van der Waals surface area contributed by atoms with Crippen LogP contribution in [0.1, 0.15) is 44.9 Å². The number of aromatic hydroxyl groups is 1. The summed E-state index contributed by atoms with van der Waals surface area (Å²) < 4.78 is 19.5. The van der Waals surface area contributed by atoms with Crippen LogP contribution in [0.5, 0.6) is 11.8 Å². The topological polar surface area (TPSA) is 104 Å². The molecule has 4 N–H and O–H groups in total. The Balaban J connectivity index is 1.47. The lowest BCUT2D eigenvalue weighted by atomic mass is 9.89. The highest BCUT2D eigenvalue weighted by Gasteiger charge is 2.17. The second kappa shape index (κ2) is 9.88. The lowest BCUT2D eigenvalue weighted by molar-refractivity contribution is 0.257. The fourth-order valence-electron chi connectivity index (χ4n) is 3.97. The van der Waals surface area contributed by atoms with Crippen molar-refractivity contribution in [1.29, 1.82) is 0 Å². The summed E-state index contributed by atoms with van der Waals surface area (Å²) in [6, 6.07) is 4.55. The quantitative estimate of drug-likeness (QED) is 0.484. The molecular formula is C21H29FN6O2. The van der Waals surface area contributed by atoms with Gasteiger partial charge in [-0.15, -0.1) is 0 Å². The Bertz CT molecular complexity index is 840. The molecule has 1 aliphatic carbocycles. The molecule has 0 amide bonds. The Morgan fingerprint density at radius 3 is 2.67 bits per heavy atom. The van der Waals surface area contributed by atoms with Crippen molar-refractivity contribution in [1.82, 2.24) is 20.3 Å². The third-order valence-electron chi connectivity index (χ3n) is 5.67. The van der Waals surface area contributed by atoms with Crippen LogP contribution >= 0.6 is 0 Å². The molecule has 4 rings (SSSR count). The fourth-order valence-corrected chi connectivity index (χ4v) is 3.97. The molecule has 2 aromatic rings. The molecule has 1 unspecified atom stereocenters. The number of hydrogen-bond donors (Lipinski definition) is 4. The van der Waals surface area contributed by atoms with Crippen molar-refractivity contribution >= 4 is 17.6 Å². The van der Waals surface area contributed by atoms with E-state index in [4.69, 9.17) is 4.74 Å². The third kappa shape index (κ3) is 5.69. The standard InChI is InChI=1S/C21H29FN6O2/c22-17-11-15(8-9-18(17)29)25-20-26-19(24-12-14-5-2-1-3-6-14)27-21(28-20)30-13-16-7-4-10-23-16/h8-9,11,14,16,23,29H,1-7,10,12-13H2,(H2,24,25,26,27,28). The molecule has 0 radical (unpaired) electrons. The van der Waals surface area contributed by atoms with Crippen molar-refractivity contribution in [2.24, 2.45) is 5.92 Å². The zero-order valence-corrected chi connectivity index (χ0v) is 17.0. The van der Waals surface area contributed by atoms with Crippen molar-refractivity contribution in [2.45, 2.75) is 51.0 Å². The van der Waals surface area contributed by atoms with E-state index in [1.165, 1.54) is 44.2 Å². The maximum Gasteiger partial charge on any atom is 0.323 e. The van der Waals surface area contributed by atoms with E-state index >= 15 is 0 Å². The number of hydrogen-bond acceptors (Lipinski definition) is 8. The van der Waals surface area contributed by atoms with E-state index in [0.29, 0.717) is 30.2 Å². The van der Waals surface area contributed by atoms with Gasteiger partial charge in [0.05, 0.1) is 0 Å². The molecule has 2 aliphatic rings. The van der Waals surface area contributed by atoms with Crippen molar-refractivity contribution in [3.8, 4) is 11.8 Å². The molecule has 0 bridgehead atoms. The highest BCUT2D eigenvalue weighted by molar-refractivity contribution is 5.55. The minimum Gasteiger partial charge on any atom is -0.505 e. The molecular weight excluding hydrogens is 387 g/mol. The number of anilines is 3. The van der Waals surface area contributed by atoms with Gasteiger partial charge in [-0.1, -0.05) is 19.3 Å². The first-order chi connectivity index (χ1) is 14.7. The monoisotopic (exact) mass is 416 g/mol. The van der Waals surface area contributed by atoms with E-state index in [9.17, 15) is 9.50 Å². The predicted octanol–water partition coefficient (Wildman–Crippen LogP) is 3.58. The summed E-state index contributed by atoms with van der Waals surface area (Å²) in [6.07, 6.45) is 8.48. The molecule has 30 heavy (non-hydrogen) atoms. The summed E-state index contributed by atoms with van der Waals surface area (Å²) in [4.78, 5) is 13.2. The minimum atomic E-state index is -0.714. The second-order valence-corrected chi connectivity index (χ2v) is 8.05. The Labute approximate surface area is 175 Å². The largest absolute Gasteiger partial charge is 0.505 e. The van der Waals surface area contributed by atoms with E-state index in [2.05, 4.69) is 30.9 Å². The smallest absolute Gasteiger partial charge is 0.323 e. The summed E-state index contributed by atoms with van der Waals surface area (Å²) in [6.45, 7) is 2.29. The minimum absolute atomic E-state index is 0.228. The third-order valence-corrected chi connectivity index (χ3v) is 5.67. The van der Waals surface area contributed by atoms with Crippen LogP contribution in [0.3, 0.4) is 0 Å². The number of phenolic OH excluding ortho intramolecular Hbond substituents is 1. The summed E-state index contributed by atoms with van der Waals surface area (Å²) in [5.74, 6) is 0.195. The molecule has 1 aliphatic heterocycles. The predicted molar refractivity (Wildman–Crippen MR) is 113 cm³/mol. The molecule has 9 heteroatoms. The first kappa shape index (κ1) is 20.6. The van der Waals surface area contributed by atoms with Gasteiger partial charge in [0.25, 0.3) is 0 Å². The summed E-state index contributed by atoms with van der Waals surface area (Å²) in [5, 5.41) is 19.1. The highest BCUT2D eigenvalue weighted by Crippen LogP contribution is 2.25. The maximum atomic E-state index is 13.7. The number of aromatic nitrogens is 3. The van der Waals surface area contributed by atoms with E-state index in [0.717, 1.165) is 25.9 Å². The van der Waals surface area contributed by atoms with Crippen LogP contribution in [0.15, 0.2) is 18.2 Å². The molecule has 1 saturated heterocycles. The van der Waals surface area contributed by atoms with Gasteiger partial charge in [-0.05, 0) is 50.3 Å². The van der Waals surface area contributed by atoms with Crippen molar-refractivity contribution in [2.75, 3.05) is 30.3 Å². The zero-order valence-electron chi connectivity index (χ0n) is 17.0. The Kier molecular flexibility index (Phi) is 6.78. The van der Waals surface area contributed by atoms with Crippen LogP contribution in [0.2, 0.25) is 0 Å². The van der Waals surface area contributed by atoms with Gasteiger partial charge < -0.3 is 25.8 Å². The summed E-state index contributed by atoms with van der Waals surface area (Å²) >= 11 is 0. The van der Waals surface area contributed by atoms with Crippen LogP contribution in [-0.4, -0.2) is 45.8 Å². The molecule has 162 valence electrons. The van der Waals surface area contributed by atoms with Gasteiger partial charge in [-0.25, -0.2) is 4.39 Å². The lowest BCUT2D eigenvalue weighted by Crippen LogP contribution is -2.28. The van der Waals surface area contributed by atoms with Crippen LogP contribution < -0.4 is 20.7 Å². The highest BCUT2D eigenvalue weighted by atomic mass is 19.1. The number of ether oxygens (including phenoxy) is 1. The Hall–Kier alpha value is -2.68. The van der Waals surface area contributed by atoms with Gasteiger partial charge in [0, 0.05) is 24.3 Å². The first-order valence-corrected chi connectivity index (χ1v) is 10.8. The van der Waals surface area contributed by atoms with Crippen LogP contribution in [-0.2, 0) is 0 Å². The van der Waals surface area contributed by atoms with E-state index in [1.807, 2.05) is 0 Å². The first-order valence-electron chi connectivity index (χ1n) is 10.8. The van der Waals surface area contributed by atoms with Crippen LogP contribution in [0, 0.1) is 11.7 Å². The number of halogens is 1. The Morgan fingerprint density at radius 1 is 1.07 bits per heavy atom. The van der Waals surface area contributed by atoms with Gasteiger partial charge in [0.2, 0.25) is 11.9 Å². The number of nitrogens with zero attached hydrogens (tertiary/aromatic N) is 3. The molecule has 1 aromatic carbocycles. The van der Waals surface area contributed by atoms with E-state index in [1.54, 1.807) is 6.07 Å². The second-order valence-electron chi connectivity index (χ2n) is 8.05. The number of nitrogens with one attached hydrogen (secondary N) is 3. The van der Waals surface area contributed by atoms with Gasteiger partial charge in [-0.2, -0.15) is 15.0 Å². The van der Waals surface area contributed by atoms with Crippen molar-refractivity contribution in [3.63, 3.8) is 0 Å². The SMILES string of the molecule is Oc1ccc(Nc2nc(NCC3CCCCC3)nc(OCC3CCCN3)n2)cc1F. The molecule has 1 aromatic heterocycles. The van der Waals surface area contributed by atoms with Crippen molar-refractivity contribution in [3.05, 3.63) is 24.0 Å². The van der Waals surface area contributed by atoms with Crippen LogP contribution in [0.4, 0.5) is 22.0 Å². The molecule has 2 fully saturated rings. The molecule has 2 heterocycles. The van der Waals surface area contributed by atoms with Crippen molar-refractivity contribution < 1.29 is 14.2 Å². The normalized spacial score (nSPS) is 19.6. The molecule has 8 nitrogen and oxygen atoms in total. The molecule has 1 saturated carbocycles. The average Bonchev–Trinajstić information content (AvgIpc) is 3.28. The molecule has 0 spiro atoms. The summed E-state index contributed by atoms with van der Waals surface area (Å²) in [5.41, 5.74) is 0.429. The lowest BCUT2D eigenvalue weighted by Gasteiger charge is -2.21. The Morgan fingerprint density at radius 2 is 1.90 bits per heavy atom. The van der Waals surface area contributed by atoms with E-state index < -0.39 is 11.6 Å². The van der Waals surface area contributed by atoms with Crippen LogP contribution in [0.25, 0.3) is 0 Å². The zero-order chi connectivity index (χ0) is 20.8. The van der Waals surface area contributed by atoms with E-state index in [-0.39, 0.29) is 12.0 Å². The number of rotatable bonds is 8.